The molecule has 0 aliphatic carbocycles. The van der Waals surface area contributed by atoms with Crippen molar-refractivity contribution in [3.63, 3.8) is 0 Å². The van der Waals surface area contributed by atoms with Crippen molar-refractivity contribution in [1.29, 1.82) is 0 Å². The molecule has 0 amide bonds. The van der Waals surface area contributed by atoms with Crippen LogP contribution in [0.25, 0.3) is 0 Å². The predicted octanol–water partition coefficient (Wildman–Crippen LogP) is 8.36. The highest BCUT2D eigenvalue weighted by molar-refractivity contribution is 9.10. The van der Waals surface area contributed by atoms with Crippen LogP contribution in [0.1, 0.15) is 10.4 Å². The van der Waals surface area contributed by atoms with E-state index in [0.717, 1.165) is 10.0 Å². The van der Waals surface area contributed by atoms with Gasteiger partial charge in [0.25, 0.3) is 0 Å². The molecule has 0 unspecified atom stereocenters. The van der Waals surface area contributed by atoms with Crippen molar-refractivity contribution in [2.75, 3.05) is 18.3 Å². The van der Waals surface area contributed by atoms with Gasteiger partial charge in [-0.3, -0.25) is 4.79 Å². The average molecular weight is 939 g/mol. The maximum atomic E-state index is 15.4. The van der Waals surface area contributed by atoms with Crippen molar-refractivity contribution in [1.82, 2.24) is 0 Å². The smallest absolute Gasteiger partial charge is 0.212 e. The quantitative estimate of drug-likeness (QED) is 0.0401. The molecule has 5 aromatic rings. The Morgan fingerprint density at radius 3 is 0.828 bits per heavy atom. The molecule has 0 aliphatic rings. The van der Waals surface area contributed by atoms with E-state index in [0.29, 0.717) is 5.75 Å². The van der Waals surface area contributed by atoms with E-state index >= 15 is 35.1 Å². The second kappa shape index (κ2) is 16.9. The largest absolute Gasteiger partial charge is 0.289 e. The Morgan fingerprint density at radius 1 is 0.414 bits per heavy atom. The van der Waals surface area contributed by atoms with Crippen LogP contribution in [0.15, 0.2) is 28.7 Å². The first-order valence-corrected chi connectivity index (χ1v) is 17.9. The predicted molar refractivity (Wildman–Crippen MR) is 172 cm³/mol. The molecule has 0 aliphatic heterocycles. The van der Waals surface area contributed by atoms with Crippen molar-refractivity contribution in [3.8, 4) is 0 Å². The highest BCUT2D eigenvalue weighted by Gasteiger charge is 2.52. The van der Waals surface area contributed by atoms with Crippen molar-refractivity contribution >= 4 is 60.6 Å². The van der Waals surface area contributed by atoms with E-state index in [1.165, 1.54) is 0 Å². The molecule has 0 spiro atoms. The monoisotopic (exact) mass is 938 g/mol. The summed E-state index contributed by atoms with van der Waals surface area (Å²) >= 11 is 3.37. The molecular formula is C34H12BBrF20OS. The van der Waals surface area contributed by atoms with Crippen LogP contribution in [0.4, 0.5) is 87.8 Å². The minimum atomic E-state index is -7.22. The summed E-state index contributed by atoms with van der Waals surface area (Å²) in [4.78, 5) is 11.7. The van der Waals surface area contributed by atoms with Crippen LogP contribution >= 0.6 is 15.9 Å². The second-order valence-corrected chi connectivity index (χ2v) is 14.9. The summed E-state index contributed by atoms with van der Waals surface area (Å²) < 4.78 is 295. The minimum absolute atomic E-state index is 0.175. The normalized spacial score (nSPS) is 11.7. The molecular weight excluding hydrogens is 927 g/mol. The number of benzene rings is 5. The van der Waals surface area contributed by atoms with Crippen LogP contribution in [0.2, 0.25) is 0 Å². The molecule has 0 N–H and O–H groups in total. The number of hydrogen-bond donors (Lipinski definition) is 0. The fourth-order valence-electron chi connectivity index (χ4n) is 5.90. The molecule has 0 aromatic heterocycles. The van der Waals surface area contributed by atoms with E-state index in [2.05, 4.69) is 28.4 Å². The lowest BCUT2D eigenvalue weighted by molar-refractivity contribution is 0.102. The van der Waals surface area contributed by atoms with E-state index in [4.69, 9.17) is 0 Å². The lowest BCUT2D eigenvalue weighted by Gasteiger charge is -2.44. The molecule has 0 heterocycles. The highest BCUT2D eigenvalue weighted by Crippen LogP contribution is 2.31. The average Bonchev–Trinajstić information content (AvgIpc) is 3.17. The van der Waals surface area contributed by atoms with Gasteiger partial charge >= 0.3 is 0 Å². The van der Waals surface area contributed by atoms with Crippen LogP contribution in [0, 0.1) is 116 Å². The number of hydrogen-bond acceptors (Lipinski definition) is 1. The van der Waals surface area contributed by atoms with Crippen molar-refractivity contribution in [3.05, 3.63) is 151 Å². The number of halogens is 21. The van der Waals surface area contributed by atoms with Gasteiger partial charge in [0.05, 0.1) is 12.5 Å². The van der Waals surface area contributed by atoms with Gasteiger partial charge in [-0.25, -0.2) is 87.8 Å². The Balaban J connectivity index is 0.000000486. The Morgan fingerprint density at radius 2 is 0.621 bits per heavy atom. The van der Waals surface area contributed by atoms with E-state index in [1.54, 1.807) is 0 Å². The summed E-state index contributed by atoms with van der Waals surface area (Å²) in [6.07, 6.45) is -3.06. The summed E-state index contributed by atoms with van der Waals surface area (Å²) in [6.45, 7) is 0. The van der Waals surface area contributed by atoms with E-state index in [1.807, 2.05) is 24.3 Å². The summed E-state index contributed by atoms with van der Waals surface area (Å²) in [5, 5.41) is 0. The number of ketones is 1. The zero-order valence-electron chi connectivity index (χ0n) is 27.8. The zero-order valence-corrected chi connectivity index (χ0v) is 30.3. The highest BCUT2D eigenvalue weighted by atomic mass is 79.9. The van der Waals surface area contributed by atoms with Crippen LogP contribution in [0.3, 0.4) is 0 Å². The van der Waals surface area contributed by atoms with Crippen molar-refractivity contribution in [2.45, 2.75) is 0 Å². The number of carbonyl (C=O) groups excluding carboxylic acids is 1. The maximum Gasteiger partial charge on any atom is 0.212 e. The fraction of sp³-hybridized carbons (Fsp3) is 0.0882. The van der Waals surface area contributed by atoms with Gasteiger partial charge in [-0.2, -0.15) is 0 Å². The first kappa shape index (κ1) is 46.0. The van der Waals surface area contributed by atoms with Gasteiger partial charge in [-0.05, 0) is 17.0 Å². The summed E-state index contributed by atoms with van der Waals surface area (Å²) in [5.74, 6) is -70.5. The third-order valence-electron chi connectivity index (χ3n) is 8.30. The summed E-state index contributed by atoms with van der Waals surface area (Å²) in [6, 6.07) is 7.57. The molecule has 0 saturated carbocycles. The standard InChI is InChI=1S/C24BF20.C10H12BrOS/c26-5-1(6(27)14(35)21(42)13(5)34)25(2-7(28)15(36)22(43)16(37)8(2)29,3-9(30)17(38)23(44)18(39)10(3)31)4-11(32)19(40)24(45)20(41)12(4)33;1-13(2)7-10(12)8-5-3-4-6-9(8)11/h;3-6H,7H2,1-2H3/q-1;+1. The lowest BCUT2D eigenvalue weighted by Crippen LogP contribution is -2.81. The molecule has 310 valence electrons. The minimum Gasteiger partial charge on any atom is -0.289 e. The van der Waals surface area contributed by atoms with Gasteiger partial charge in [0, 0.05) is 10.0 Å². The first-order chi connectivity index (χ1) is 26.8. The number of rotatable bonds is 7. The van der Waals surface area contributed by atoms with Crippen LogP contribution < -0.4 is 21.9 Å². The molecule has 5 aromatic carbocycles. The molecule has 0 bridgehead atoms. The van der Waals surface area contributed by atoms with Crippen molar-refractivity contribution < 1.29 is 92.6 Å². The SMILES string of the molecule is C[S+](C)CC(=O)c1ccccc1Br.Fc1c(F)c(F)c([B-](c2c(F)c(F)c(F)c(F)c2F)(c2c(F)c(F)c(F)c(F)c2F)c2c(F)c(F)c(F)c(F)c2F)c(F)c1F. The molecule has 0 atom stereocenters. The van der Waals surface area contributed by atoms with Gasteiger partial charge in [0.1, 0.15) is 52.7 Å². The Hall–Kier alpha value is -4.74. The van der Waals surface area contributed by atoms with E-state index < -0.39 is 144 Å². The molecule has 1 nitrogen and oxygen atoms in total. The van der Waals surface area contributed by atoms with Crippen LogP contribution in [0.5, 0.6) is 0 Å². The van der Waals surface area contributed by atoms with Gasteiger partial charge in [-0.1, -0.05) is 34.1 Å². The molecule has 0 saturated heterocycles. The Bertz CT molecular complexity index is 2130. The summed E-state index contributed by atoms with van der Waals surface area (Å²) in [7, 11) is 0.175. The summed E-state index contributed by atoms with van der Waals surface area (Å²) in [5.41, 5.74) is -13.5. The van der Waals surface area contributed by atoms with Gasteiger partial charge < -0.3 is 0 Å². The van der Waals surface area contributed by atoms with Gasteiger partial charge in [0.2, 0.25) is 5.78 Å². The first-order valence-electron chi connectivity index (χ1n) is 14.9. The molecule has 58 heavy (non-hydrogen) atoms. The van der Waals surface area contributed by atoms with Crippen LogP contribution in [-0.4, -0.2) is 30.2 Å². The topological polar surface area (TPSA) is 17.1 Å². The molecule has 0 fully saturated rings. The maximum absolute atomic E-state index is 15.4. The third-order valence-corrected chi connectivity index (χ3v) is 9.83. The van der Waals surface area contributed by atoms with E-state index in [9.17, 15) is 57.5 Å². The molecule has 0 radical (unpaired) electrons. The molecule has 24 heteroatoms. The zero-order chi connectivity index (χ0) is 44.2. The number of carbonyl (C=O) groups is 1. The van der Waals surface area contributed by atoms with Crippen molar-refractivity contribution in [2.24, 2.45) is 0 Å². The Labute approximate surface area is 321 Å². The Kier molecular flexibility index (Phi) is 13.4. The second-order valence-electron chi connectivity index (χ2n) is 11.8. The van der Waals surface area contributed by atoms with Gasteiger partial charge in [0.15, 0.2) is 75.6 Å². The fourth-order valence-corrected chi connectivity index (χ4v) is 7.09. The lowest BCUT2D eigenvalue weighted by atomic mass is 9.12. The number of Topliss-reactive ketones (excluding diaryl/α,β-unsaturated/α-hetero) is 1. The molecule has 5 rings (SSSR count). The van der Waals surface area contributed by atoms with Gasteiger partial charge in [-0.15, -0.1) is 21.9 Å². The van der Waals surface area contributed by atoms with E-state index in [-0.39, 0.29) is 16.7 Å². The van der Waals surface area contributed by atoms with Crippen LogP contribution in [-0.2, 0) is 10.9 Å². The third kappa shape index (κ3) is 7.18.